The van der Waals surface area contributed by atoms with Crippen molar-refractivity contribution in [2.45, 2.75) is 6.04 Å². The van der Waals surface area contributed by atoms with Crippen molar-refractivity contribution in [1.82, 2.24) is 14.8 Å². The van der Waals surface area contributed by atoms with Crippen molar-refractivity contribution in [2.75, 3.05) is 33.2 Å². The van der Waals surface area contributed by atoms with Gasteiger partial charge in [0.2, 0.25) is 0 Å². The van der Waals surface area contributed by atoms with Gasteiger partial charge in [0.25, 0.3) is 0 Å². The van der Waals surface area contributed by atoms with E-state index in [0.717, 1.165) is 31.2 Å². The molecule has 86 valence electrons. The van der Waals surface area contributed by atoms with Crippen LogP contribution >= 0.6 is 22.9 Å². The van der Waals surface area contributed by atoms with E-state index in [1.807, 2.05) is 0 Å². The first-order chi connectivity index (χ1) is 7.70. The number of likely N-dealkylation sites (N-methyl/N-ethyl adjacent to an activating group) is 1. The first kappa shape index (κ1) is 11.8. The molecule has 0 aliphatic carbocycles. The highest BCUT2D eigenvalue weighted by molar-refractivity contribution is 7.15. The van der Waals surface area contributed by atoms with E-state index in [4.69, 9.17) is 11.6 Å². The minimum absolute atomic E-state index is 0.244. The monoisotopic (exact) mass is 256 g/mol. The van der Waals surface area contributed by atoms with E-state index in [0.29, 0.717) is 4.34 Å². The van der Waals surface area contributed by atoms with Crippen LogP contribution in [-0.4, -0.2) is 48.0 Å². The number of nitrogens with zero attached hydrogens (tertiary/aromatic N) is 4. The second-order valence-corrected chi connectivity index (χ2v) is 5.57. The summed E-state index contributed by atoms with van der Waals surface area (Å²) in [6, 6.07) is 2.07. The fourth-order valence-electron chi connectivity index (χ4n) is 1.77. The normalized spacial score (nSPS) is 20.6. The van der Waals surface area contributed by atoms with Gasteiger partial charge in [-0.1, -0.05) is 11.6 Å². The topological polar surface area (TPSA) is 43.2 Å². The van der Waals surface area contributed by atoms with Gasteiger partial charge in [0.05, 0.1) is 12.3 Å². The molecule has 0 radical (unpaired) electrons. The lowest BCUT2D eigenvalue weighted by atomic mass is 10.2. The molecule has 16 heavy (non-hydrogen) atoms. The van der Waals surface area contributed by atoms with E-state index in [1.54, 1.807) is 6.20 Å². The molecular formula is C10H13ClN4S. The molecule has 0 N–H and O–H groups in total. The highest BCUT2D eigenvalue weighted by atomic mass is 35.5. The highest BCUT2D eigenvalue weighted by Crippen LogP contribution is 2.27. The standard InChI is InChI=1S/C10H13ClN4S/c1-14-2-4-15(5-3-14)8(6-12)10-13-7-9(11)16-10/h7-8H,2-5H2,1H3. The minimum Gasteiger partial charge on any atom is -0.304 e. The van der Waals surface area contributed by atoms with E-state index in [2.05, 4.69) is 27.9 Å². The first-order valence-corrected chi connectivity index (χ1v) is 6.33. The Morgan fingerprint density at radius 3 is 2.69 bits per heavy atom. The second kappa shape index (κ2) is 5.11. The summed E-state index contributed by atoms with van der Waals surface area (Å²) in [6.45, 7) is 3.81. The quantitative estimate of drug-likeness (QED) is 0.806. The van der Waals surface area contributed by atoms with Crippen molar-refractivity contribution in [2.24, 2.45) is 0 Å². The van der Waals surface area contributed by atoms with Crippen molar-refractivity contribution in [3.8, 4) is 6.07 Å². The number of hydrogen-bond acceptors (Lipinski definition) is 5. The third kappa shape index (κ3) is 2.53. The minimum atomic E-state index is -0.244. The third-order valence-electron chi connectivity index (χ3n) is 2.75. The van der Waals surface area contributed by atoms with E-state index >= 15 is 0 Å². The van der Waals surface area contributed by atoms with Gasteiger partial charge in [-0.15, -0.1) is 11.3 Å². The van der Waals surface area contributed by atoms with Gasteiger partial charge in [0.15, 0.2) is 6.04 Å². The average Bonchev–Trinajstić information content (AvgIpc) is 2.69. The molecule has 0 aromatic carbocycles. The largest absolute Gasteiger partial charge is 0.304 e. The molecule has 6 heteroatoms. The zero-order valence-electron chi connectivity index (χ0n) is 9.06. The summed E-state index contributed by atoms with van der Waals surface area (Å²) in [7, 11) is 2.10. The van der Waals surface area contributed by atoms with Gasteiger partial charge in [0.1, 0.15) is 9.34 Å². The lowest BCUT2D eigenvalue weighted by Gasteiger charge is -2.34. The average molecular weight is 257 g/mol. The molecule has 1 saturated heterocycles. The Kier molecular flexibility index (Phi) is 3.77. The molecule has 4 nitrogen and oxygen atoms in total. The Morgan fingerprint density at radius 2 is 2.19 bits per heavy atom. The third-order valence-corrected chi connectivity index (χ3v) is 3.92. The van der Waals surface area contributed by atoms with Crippen LogP contribution in [0.5, 0.6) is 0 Å². The van der Waals surface area contributed by atoms with Crippen molar-refractivity contribution in [1.29, 1.82) is 5.26 Å². The van der Waals surface area contributed by atoms with Crippen molar-refractivity contribution in [3.63, 3.8) is 0 Å². The number of rotatable bonds is 2. The first-order valence-electron chi connectivity index (χ1n) is 5.14. The Morgan fingerprint density at radius 1 is 1.50 bits per heavy atom. The highest BCUT2D eigenvalue weighted by Gasteiger charge is 2.25. The maximum Gasteiger partial charge on any atom is 0.150 e. The van der Waals surface area contributed by atoms with E-state index in [1.165, 1.54) is 11.3 Å². The Labute approximate surface area is 104 Å². The predicted molar refractivity (Wildman–Crippen MR) is 64.5 cm³/mol. The Hall–Kier alpha value is -0.670. The summed E-state index contributed by atoms with van der Waals surface area (Å²) < 4.78 is 0.643. The van der Waals surface area contributed by atoms with Crippen molar-refractivity contribution in [3.05, 3.63) is 15.5 Å². The predicted octanol–water partition coefficient (Wildman–Crippen LogP) is 1.61. The number of aromatic nitrogens is 1. The molecule has 2 heterocycles. The van der Waals surface area contributed by atoms with Crippen LogP contribution in [0.2, 0.25) is 4.34 Å². The summed E-state index contributed by atoms with van der Waals surface area (Å²) in [5.74, 6) is 0. The van der Waals surface area contributed by atoms with E-state index < -0.39 is 0 Å². The van der Waals surface area contributed by atoms with Gasteiger partial charge in [-0.25, -0.2) is 4.98 Å². The van der Waals surface area contributed by atoms with E-state index in [-0.39, 0.29) is 6.04 Å². The SMILES string of the molecule is CN1CCN(C(C#N)c2ncc(Cl)s2)CC1. The van der Waals surface area contributed by atoms with Gasteiger partial charge in [0, 0.05) is 26.2 Å². The second-order valence-electron chi connectivity index (χ2n) is 3.87. The summed E-state index contributed by atoms with van der Waals surface area (Å²) in [5.41, 5.74) is 0. The Balaban J connectivity index is 2.09. The molecule has 0 amide bonds. The molecule has 1 fully saturated rings. The van der Waals surface area contributed by atoms with Crippen LogP contribution in [0.15, 0.2) is 6.20 Å². The fourth-order valence-corrected chi connectivity index (χ4v) is 2.78. The number of piperazine rings is 1. The number of thiazole rings is 1. The molecule has 1 unspecified atom stereocenters. The number of nitriles is 1. The van der Waals surface area contributed by atoms with Crippen LogP contribution in [0, 0.1) is 11.3 Å². The summed E-state index contributed by atoms with van der Waals surface area (Å²) in [6.07, 6.45) is 1.61. The lowest BCUT2D eigenvalue weighted by Crippen LogP contribution is -2.45. The van der Waals surface area contributed by atoms with E-state index in [9.17, 15) is 5.26 Å². The number of halogens is 1. The summed E-state index contributed by atoms with van der Waals surface area (Å²) in [5, 5.41) is 10.0. The maximum atomic E-state index is 9.23. The van der Waals surface area contributed by atoms with Crippen LogP contribution in [-0.2, 0) is 0 Å². The summed E-state index contributed by atoms with van der Waals surface area (Å²) in [4.78, 5) is 8.62. The van der Waals surface area contributed by atoms with Crippen molar-refractivity contribution >= 4 is 22.9 Å². The fraction of sp³-hybridized carbons (Fsp3) is 0.600. The molecule has 0 bridgehead atoms. The smallest absolute Gasteiger partial charge is 0.150 e. The van der Waals surface area contributed by atoms with Gasteiger partial charge in [-0.05, 0) is 7.05 Å². The Bertz CT molecular complexity index is 392. The molecule has 2 rings (SSSR count). The van der Waals surface area contributed by atoms with Crippen LogP contribution in [0.25, 0.3) is 0 Å². The number of hydrogen-bond donors (Lipinski definition) is 0. The maximum absolute atomic E-state index is 9.23. The zero-order chi connectivity index (χ0) is 11.5. The van der Waals surface area contributed by atoms with Gasteiger partial charge < -0.3 is 4.90 Å². The molecule has 0 spiro atoms. The van der Waals surface area contributed by atoms with Crippen LogP contribution < -0.4 is 0 Å². The van der Waals surface area contributed by atoms with Crippen LogP contribution in [0.1, 0.15) is 11.0 Å². The van der Waals surface area contributed by atoms with Gasteiger partial charge >= 0.3 is 0 Å². The van der Waals surface area contributed by atoms with Gasteiger partial charge in [-0.2, -0.15) is 5.26 Å². The molecule has 1 aliphatic heterocycles. The molecule has 1 aliphatic rings. The summed E-state index contributed by atoms with van der Waals surface area (Å²) >= 11 is 7.23. The lowest BCUT2D eigenvalue weighted by molar-refractivity contribution is 0.132. The van der Waals surface area contributed by atoms with Gasteiger partial charge in [-0.3, -0.25) is 4.90 Å². The molecular weight excluding hydrogens is 244 g/mol. The molecule has 1 aromatic heterocycles. The zero-order valence-corrected chi connectivity index (χ0v) is 10.6. The molecule has 1 aromatic rings. The molecule has 1 atom stereocenters. The van der Waals surface area contributed by atoms with Crippen molar-refractivity contribution < 1.29 is 0 Å². The van der Waals surface area contributed by atoms with Crippen LogP contribution in [0.4, 0.5) is 0 Å². The van der Waals surface area contributed by atoms with Crippen LogP contribution in [0.3, 0.4) is 0 Å². The molecule has 0 saturated carbocycles.